The van der Waals surface area contributed by atoms with E-state index in [4.69, 9.17) is 25.9 Å². The van der Waals surface area contributed by atoms with Crippen LogP contribution in [-0.2, 0) is 13.0 Å². The quantitative estimate of drug-likeness (QED) is 0.503. The summed E-state index contributed by atoms with van der Waals surface area (Å²) in [5.74, 6) is 0.0247. The Labute approximate surface area is 177 Å². The number of halogens is 1. The molecule has 0 radical (unpaired) electrons. The number of hydrogen-bond donors (Lipinski definition) is 3. The molecule has 9 nitrogen and oxygen atoms in total. The number of nitrogens with one attached hydrogen (secondary N) is 2. The average Bonchev–Trinajstić information content (AvgIpc) is 3.10. The van der Waals surface area contributed by atoms with Gasteiger partial charge < -0.3 is 24.9 Å². The smallest absolute Gasteiger partial charge is 0.437 e. The third-order valence-corrected chi connectivity index (χ3v) is 4.49. The number of amides is 2. The van der Waals surface area contributed by atoms with E-state index >= 15 is 0 Å². The molecule has 2 aromatic carbocycles. The molecule has 0 unspecified atom stereocenters. The molecule has 0 aliphatic heterocycles. The predicted molar refractivity (Wildman–Crippen MR) is 111 cm³/mol. The number of methoxy groups -OCH3 is 1. The fraction of sp³-hybridized carbons (Fsp3) is 0.250. The number of ether oxygens (including phenoxy) is 1. The van der Waals surface area contributed by atoms with Crippen LogP contribution in [-0.4, -0.2) is 34.6 Å². The first-order chi connectivity index (χ1) is 14.5. The summed E-state index contributed by atoms with van der Waals surface area (Å²) in [5.41, 5.74) is 1.42. The summed E-state index contributed by atoms with van der Waals surface area (Å²) < 4.78 is 11.4. The molecule has 0 spiro atoms. The van der Waals surface area contributed by atoms with E-state index in [2.05, 4.69) is 15.7 Å². The van der Waals surface area contributed by atoms with Gasteiger partial charge in [-0.1, -0.05) is 23.7 Å². The number of hydrogen-bond acceptors (Lipinski definition) is 6. The number of aliphatic hydroxyl groups is 1. The highest BCUT2D eigenvalue weighted by atomic mass is 35.5. The van der Waals surface area contributed by atoms with Crippen molar-refractivity contribution in [1.82, 2.24) is 15.1 Å². The van der Waals surface area contributed by atoms with E-state index in [-0.39, 0.29) is 19.0 Å². The van der Waals surface area contributed by atoms with Crippen molar-refractivity contribution in [3.05, 3.63) is 75.6 Å². The normalized spacial score (nSPS) is 11.7. The van der Waals surface area contributed by atoms with Crippen LogP contribution in [0.5, 0.6) is 5.75 Å². The molecular weight excluding hydrogens is 412 g/mol. The number of aromatic nitrogens is 2. The zero-order valence-electron chi connectivity index (χ0n) is 16.2. The van der Waals surface area contributed by atoms with Gasteiger partial charge in [0.05, 0.1) is 20.3 Å². The first-order valence-corrected chi connectivity index (χ1v) is 9.51. The lowest BCUT2D eigenvalue weighted by Gasteiger charge is -2.16. The molecule has 3 N–H and O–H groups in total. The van der Waals surface area contributed by atoms with Gasteiger partial charge in [-0.2, -0.15) is 4.68 Å². The van der Waals surface area contributed by atoms with Crippen LogP contribution in [0.4, 0.5) is 10.5 Å². The van der Waals surface area contributed by atoms with Crippen LogP contribution in [0.25, 0.3) is 0 Å². The van der Waals surface area contributed by atoms with E-state index in [0.29, 0.717) is 22.9 Å². The highest BCUT2D eigenvalue weighted by Crippen LogP contribution is 2.19. The Bertz CT molecular complexity index is 1030. The van der Waals surface area contributed by atoms with E-state index in [1.54, 1.807) is 43.5 Å². The number of carbonyl (C=O) groups is 1. The van der Waals surface area contributed by atoms with Crippen LogP contribution in [0.15, 0.2) is 57.7 Å². The Balaban J connectivity index is 1.80. The van der Waals surface area contributed by atoms with Crippen molar-refractivity contribution >= 4 is 23.3 Å². The summed E-state index contributed by atoms with van der Waals surface area (Å²) in [6.07, 6.45) is 0.317. The van der Waals surface area contributed by atoms with Crippen LogP contribution >= 0.6 is 11.6 Å². The average molecular weight is 433 g/mol. The Kier molecular flexibility index (Phi) is 7.10. The molecule has 1 heterocycles. The zero-order valence-corrected chi connectivity index (χ0v) is 16.9. The molecular formula is C20H21ClN4O5. The summed E-state index contributed by atoms with van der Waals surface area (Å²) in [6.45, 7) is -0.270. The van der Waals surface area contributed by atoms with Crippen LogP contribution in [0, 0.1) is 0 Å². The highest BCUT2D eigenvalue weighted by molar-refractivity contribution is 6.30. The Morgan fingerprint density at radius 3 is 2.57 bits per heavy atom. The second-order valence-electron chi connectivity index (χ2n) is 6.36. The van der Waals surface area contributed by atoms with Gasteiger partial charge in [0, 0.05) is 17.1 Å². The molecule has 1 aromatic heterocycles. The minimum atomic E-state index is -0.724. The molecule has 0 bridgehead atoms. The zero-order chi connectivity index (χ0) is 21.5. The molecule has 0 aliphatic carbocycles. The molecule has 1 atom stereocenters. The minimum Gasteiger partial charge on any atom is -0.497 e. The standard InChI is InChI=1S/C20H21ClN4O5/c1-29-16-8-2-13(3-9-16)12-17(18-24-25(10-11-26)20(28)30-18)23-19(27)22-15-6-4-14(21)5-7-15/h2-9,17,26H,10-12H2,1H3,(H2,22,23,27)/t17-/m0/s1. The van der Waals surface area contributed by atoms with Gasteiger partial charge in [0.2, 0.25) is 5.89 Å². The molecule has 0 saturated carbocycles. The van der Waals surface area contributed by atoms with Crippen molar-refractivity contribution < 1.29 is 19.1 Å². The van der Waals surface area contributed by atoms with Crippen molar-refractivity contribution in [1.29, 1.82) is 0 Å². The van der Waals surface area contributed by atoms with Gasteiger partial charge in [0.1, 0.15) is 11.8 Å². The lowest BCUT2D eigenvalue weighted by molar-refractivity contribution is 0.245. The maximum absolute atomic E-state index is 12.5. The van der Waals surface area contributed by atoms with Gasteiger partial charge >= 0.3 is 11.8 Å². The summed E-state index contributed by atoms with van der Waals surface area (Å²) in [4.78, 5) is 24.5. The van der Waals surface area contributed by atoms with Crippen molar-refractivity contribution in [2.45, 2.75) is 19.0 Å². The minimum absolute atomic E-state index is 0.00540. The molecule has 158 valence electrons. The number of rotatable bonds is 8. The van der Waals surface area contributed by atoms with E-state index in [1.807, 2.05) is 12.1 Å². The second kappa shape index (κ2) is 9.95. The van der Waals surface area contributed by atoms with Gasteiger partial charge in [0.25, 0.3) is 0 Å². The van der Waals surface area contributed by atoms with Gasteiger partial charge in [-0.3, -0.25) is 0 Å². The number of nitrogens with zero attached hydrogens (tertiary/aromatic N) is 2. The van der Waals surface area contributed by atoms with Gasteiger partial charge in [-0.15, -0.1) is 5.10 Å². The summed E-state index contributed by atoms with van der Waals surface area (Å²) in [5, 5.41) is 19.2. The molecule has 3 aromatic rings. The van der Waals surface area contributed by atoms with E-state index in [1.165, 1.54) is 0 Å². The fourth-order valence-corrected chi connectivity index (χ4v) is 2.88. The SMILES string of the molecule is COc1ccc(C[C@H](NC(=O)Nc2ccc(Cl)cc2)c2nn(CCO)c(=O)o2)cc1. The van der Waals surface area contributed by atoms with E-state index in [0.717, 1.165) is 10.2 Å². The summed E-state index contributed by atoms with van der Waals surface area (Å²) in [7, 11) is 1.57. The largest absolute Gasteiger partial charge is 0.497 e. The number of aliphatic hydroxyl groups excluding tert-OH is 1. The number of anilines is 1. The first-order valence-electron chi connectivity index (χ1n) is 9.13. The molecule has 0 saturated heterocycles. The third-order valence-electron chi connectivity index (χ3n) is 4.24. The summed E-state index contributed by atoms with van der Waals surface area (Å²) >= 11 is 5.86. The van der Waals surface area contributed by atoms with Crippen molar-refractivity contribution in [2.75, 3.05) is 19.0 Å². The van der Waals surface area contributed by atoms with Crippen molar-refractivity contribution in [3.8, 4) is 5.75 Å². The number of benzene rings is 2. The lowest BCUT2D eigenvalue weighted by atomic mass is 10.1. The predicted octanol–water partition coefficient (Wildman–Crippen LogP) is 2.60. The van der Waals surface area contributed by atoms with Crippen molar-refractivity contribution in [3.63, 3.8) is 0 Å². The topological polar surface area (TPSA) is 119 Å². The molecule has 10 heteroatoms. The third kappa shape index (κ3) is 5.62. The van der Waals surface area contributed by atoms with Crippen LogP contribution in [0.3, 0.4) is 0 Å². The lowest BCUT2D eigenvalue weighted by Crippen LogP contribution is -2.34. The molecule has 3 rings (SSSR count). The van der Waals surface area contributed by atoms with Crippen LogP contribution in [0.2, 0.25) is 5.02 Å². The van der Waals surface area contributed by atoms with Crippen LogP contribution in [0.1, 0.15) is 17.5 Å². The number of urea groups is 1. The molecule has 0 fully saturated rings. The monoisotopic (exact) mass is 432 g/mol. The maximum atomic E-state index is 12.5. The molecule has 0 aliphatic rings. The fourth-order valence-electron chi connectivity index (χ4n) is 2.76. The van der Waals surface area contributed by atoms with Crippen molar-refractivity contribution in [2.24, 2.45) is 0 Å². The Morgan fingerprint density at radius 1 is 1.23 bits per heavy atom. The first kappa shape index (κ1) is 21.4. The highest BCUT2D eigenvalue weighted by Gasteiger charge is 2.22. The summed E-state index contributed by atoms with van der Waals surface area (Å²) in [6, 6.07) is 12.7. The molecule has 2 amide bonds. The van der Waals surface area contributed by atoms with E-state index in [9.17, 15) is 9.59 Å². The van der Waals surface area contributed by atoms with Gasteiger partial charge in [0.15, 0.2) is 0 Å². The molecule has 30 heavy (non-hydrogen) atoms. The maximum Gasteiger partial charge on any atom is 0.437 e. The Hall–Kier alpha value is -3.30. The second-order valence-corrected chi connectivity index (χ2v) is 6.80. The van der Waals surface area contributed by atoms with E-state index < -0.39 is 17.8 Å². The van der Waals surface area contributed by atoms with Crippen LogP contribution < -0.4 is 21.1 Å². The number of carbonyl (C=O) groups excluding carboxylic acids is 1. The van der Waals surface area contributed by atoms with Gasteiger partial charge in [-0.25, -0.2) is 9.59 Å². The van der Waals surface area contributed by atoms with Gasteiger partial charge in [-0.05, 0) is 42.0 Å². The Morgan fingerprint density at radius 2 is 1.93 bits per heavy atom.